The zero-order chi connectivity index (χ0) is 19.3. The zero-order valence-corrected chi connectivity index (χ0v) is 17.9. The Morgan fingerprint density at radius 1 is 0.750 bits per heavy atom. The Bertz CT molecular complexity index is 521. The third-order valence-corrected chi connectivity index (χ3v) is 8.45. The average molecular weight is 388 g/mol. The molecule has 3 nitrogen and oxygen atoms in total. The number of Topliss-reactive ketones (excluding diaryl/α,β-unsaturated/α-hetero) is 1. The Morgan fingerprint density at radius 3 is 2.04 bits per heavy atom. The smallest absolute Gasteiger partial charge is 0.222 e. The van der Waals surface area contributed by atoms with Gasteiger partial charge in [-0.3, -0.25) is 9.59 Å². The Morgan fingerprint density at radius 2 is 1.39 bits per heavy atom. The lowest BCUT2D eigenvalue weighted by atomic mass is 9.77. The maximum Gasteiger partial charge on any atom is 0.222 e. The quantitative estimate of drug-likeness (QED) is 0.581. The molecule has 0 radical (unpaired) electrons. The highest BCUT2D eigenvalue weighted by atomic mass is 16.2. The molecule has 4 rings (SSSR count). The molecule has 4 atom stereocenters. The first-order chi connectivity index (χ1) is 13.7. The summed E-state index contributed by atoms with van der Waals surface area (Å²) in [5.74, 6) is 4.10. The van der Waals surface area contributed by atoms with E-state index in [4.69, 9.17) is 0 Å². The molecule has 1 saturated heterocycles. The molecule has 3 heteroatoms. The first-order valence-electron chi connectivity index (χ1n) is 12.5. The fourth-order valence-corrected chi connectivity index (χ4v) is 6.52. The van der Waals surface area contributed by atoms with Crippen LogP contribution in [0.1, 0.15) is 103 Å². The summed E-state index contributed by atoms with van der Waals surface area (Å²) in [5, 5.41) is 0. The van der Waals surface area contributed by atoms with E-state index in [0.29, 0.717) is 35.9 Å². The van der Waals surface area contributed by atoms with Gasteiger partial charge >= 0.3 is 0 Å². The molecule has 0 aromatic carbocycles. The summed E-state index contributed by atoms with van der Waals surface area (Å²) in [6.07, 6.45) is 19.4. The molecule has 3 aliphatic carbocycles. The summed E-state index contributed by atoms with van der Waals surface area (Å²) in [7, 11) is 0. The van der Waals surface area contributed by atoms with Gasteiger partial charge in [0, 0.05) is 31.3 Å². The van der Waals surface area contributed by atoms with Gasteiger partial charge in [0.25, 0.3) is 0 Å². The highest BCUT2D eigenvalue weighted by Crippen LogP contribution is 2.48. The number of fused-ring (bicyclic) bond motifs is 1. The third-order valence-electron chi connectivity index (χ3n) is 8.45. The van der Waals surface area contributed by atoms with Gasteiger partial charge in [-0.25, -0.2) is 0 Å². The van der Waals surface area contributed by atoms with Crippen LogP contribution >= 0.6 is 0 Å². The molecule has 0 aromatic rings. The maximum absolute atomic E-state index is 13.0. The van der Waals surface area contributed by atoms with Gasteiger partial charge in [0.15, 0.2) is 0 Å². The standard InChI is InChI=1S/C25H41NO2/c27-24(26-16-5-1-2-6-17-26)11-7-10-22-18-23(22)25(28)21-14-12-19-8-3-4-9-20(19)13-15-21/h19-23H,1-18H2. The number of hydrogen-bond acceptors (Lipinski definition) is 2. The Balaban J connectivity index is 1.16. The second kappa shape index (κ2) is 9.76. The first kappa shape index (κ1) is 20.4. The molecule has 4 unspecified atom stereocenters. The van der Waals surface area contributed by atoms with Crippen molar-refractivity contribution in [1.29, 1.82) is 0 Å². The highest BCUT2D eigenvalue weighted by Gasteiger charge is 2.45. The number of hydrogen-bond donors (Lipinski definition) is 0. The van der Waals surface area contributed by atoms with Gasteiger partial charge in [-0.2, -0.15) is 0 Å². The van der Waals surface area contributed by atoms with Crippen molar-refractivity contribution in [1.82, 2.24) is 4.90 Å². The molecular weight excluding hydrogens is 346 g/mol. The molecule has 4 aliphatic rings. The Labute approximate surface area is 172 Å². The summed E-state index contributed by atoms with van der Waals surface area (Å²) in [6, 6.07) is 0. The molecule has 1 amide bonds. The first-order valence-corrected chi connectivity index (χ1v) is 12.5. The van der Waals surface area contributed by atoms with E-state index in [9.17, 15) is 9.59 Å². The zero-order valence-electron chi connectivity index (χ0n) is 17.9. The van der Waals surface area contributed by atoms with Crippen LogP contribution in [0.2, 0.25) is 0 Å². The van der Waals surface area contributed by atoms with Crippen LogP contribution in [-0.4, -0.2) is 29.7 Å². The molecule has 3 saturated carbocycles. The van der Waals surface area contributed by atoms with E-state index in [0.717, 1.165) is 57.0 Å². The minimum Gasteiger partial charge on any atom is -0.343 e. The molecule has 158 valence electrons. The second-order valence-electron chi connectivity index (χ2n) is 10.3. The SMILES string of the molecule is O=C(C1CCC2CCCCC2CC1)C1CC1CCCC(=O)N1CCCCCC1. The van der Waals surface area contributed by atoms with Crippen molar-refractivity contribution in [2.75, 3.05) is 13.1 Å². The molecule has 0 bridgehead atoms. The number of rotatable bonds is 6. The van der Waals surface area contributed by atoms with E-state index < -0.39 is 0 Å². The Hall–Kier alpha value is -0.860. The molecule has 1 heterocycles. The van der Waals surface area contributed by atoms with E-state index in [-0.39, 0.29) is 0 Å². The predicted octanol–water partition coefficient (Wildman–Crippen LogP) is 5.76. The van der Waals surface area contributed by atoms with Gasteiger partial charge in [0.1, 0.15) is 5.78 Å². The van der Waals surface area contributed by atoms with E-state index in [1.165, 1.54) is 64.2 Å². The average Bonchev–Trinajstić information content (AvgIpc) is 3.53. The van der Waals surface area contributed by atoms with Crippen molar-refractivity contribution in [3.63, 3.8) is 0 Å². The molecule has 4 fully saturated rings. The van der Waals surface area contributed by atoms with Gasteiger partial charge in [-0.15, -0.1) is 0 Å². The summed E-state index contributed by atoms with van der Waals surface area (Å²) in [4.78, 5) is 27.6. The van der Waals surface area contributed by atoms with Crippen LogP contribution in [0.4, 0.5) is 0 Å². The monoisotopic (exact) mass is 387 g/mol. The maximum atomic E-state index is 13.0. The summed E-state index contributed by atoms with van der Waals surface area (Å²) in [5.41, 5.74) is 0. The van der Waals surface area contributed by atoms with Gasteiger partial charge in [-0.05, 0) is 75.5 Å². The summed E-state index contributed by atoms with van der Waals surface area (Å²) in [6.45, 7) is 1.93. The van der Waals surface area contributed by atoms with E-state index in [1.807, 2.05) is 0 Å². The number of ketones is 1. The van der Waals surface area contributed by atoms with Crippen molar-refractivity contribution >= 4 is 11.7 Å². The minimum absolute atomic E-state index is 0.346. The lowest BCUT2D eigenvalue weighted by Crippen LogP contribution is -2.31. The molecular formula is C25H41NO2. The molecule has 0 aromatic heterocycles. The minimum atomic E-state index is 0.346. The number of carbonyl (C=O) groups is 2. The lowest BCUT2D eigenvalue weighted by molar-refractivity contribution is -0.131. The van der Waals surface area contributed by atoms with Crippen molar-refractivity contribution in [3.05, 3.63) is 0 Å². The van der Waals surface area contributed by atoms with Crippen LogP contribution in [-0.2, 0) is 9.59 Å². The van der Waals surface area contributed by atoms with Crippen LogP contribution in [0.15, 0.2) is 0 Å². The van der Waals surface area contributed by atoms with Crippen molar-refractivity contribution < 1.29 is 9.59 Å². The molecule has 0 N–H and O–H groups in total. The molecule has 0 spiro atoms. The second-order valence-corrected chi connectivity index (χ2v) is 10.3. The summed E-state index contributed by atoms with van der Waals surface area (Å²) >= 11 is 0. The number of nitrogens with zero attached hydrogens (tertiary/aromatic N) is 1. The van der Waals surface area contributed by atoms with Crippen LogP contribution in [0.3, 0.4) is 0 Å². The topological polar surface area (TPSA) is 37.4 Å². The fraction of sp³-hybridized carbons (Fsp3) is 0.920. The number of likely N-dealkylation sites (tertiary alicyclic amines) is 1. The van der Waals surface area contributed by atoms with Crippen LogP contribution in [0, 0.1) is 29.6 Å². The van der Waals surface area contributed by atoms with Crippen LogP contribution in [0.25, 0.3) is 0 Å². The fourth-order valence-electron chi connectivity index (χ4n) is 6.52. The van der Waals surface area contributed by atoms with E-state index in [2.05, 4.69) is 4.90 Å². The highest BCUT2D eigenvalue weighted by molar-refractivity contribution is 5.86. The van der Waals surface area contributed by atoms with E-state index in [1.54, 1.807) is 0 Å². The lowest BCUT2D eigenvalue weighted by Gasteiger charge is -2.29. The number of amides is 1. The largest absolute Gasteiger partial charge is 0.343 e. The Kier molecular flexibility index (Phi) is 7.12. The van der Waals surface area contributed by atoms with Gasteiger partial charge in [0.05, 0.1) is 0 Å². The van der Waals surface area contributed by atoms with Gasteiger partial charge < -0.3 is 4.90 Å². The van der Waals surface area contributed by atoms with Crippen LogP contribution < -0.4 is 0 Å². The predicted molar refractivity (Wildman–Crippen MR) is 113 cm³/mol. The van der Waals surface area contributed by atoms with Crippen LogP contribution in [0.5, 0.6) is 0 Å². The third kappa shape index (κ3) is 5.19. The van der Waals surface area contributed by atoms with E-state index >= 15 is 0 Å². The number of carbonyl (C=O) groups excluding carboxylic acids is 2. The summed E-state index contributed by atoms with van der Waals surface area (Å²) < 4.78 is 0. The van der Waals surface area contributed by atoms with Crippen molar-refractivity contribution in [2.45, 2.75) is 103 Å². The normalized spacial score (nSPS) is 36.1. The van der Waals surface area contributed by atoms with Crippen molar-refractivity contribution in [2.24, 2.45) is 29.6 Å². The van der Waals surface area contributed by atoms with Gasteiger partial charge in [0.2, 0.25) is 5.91 Å². The van der Waals surface area contributed by atoms with Gasteiger partial charge in [-0.1, -0.05) is 38.5 Å². The molecule has 28 heavy (non-hydrogen) atoms. The van der Waals surface area contributed by atoms with Crippen molar-refractivity contribution in [3.8, 4) is 0 Å². The molecule has 1 aliphatic heterocycles.